The minimum absolute atomic E-state index is 0.0709. The van der Waals surface area contributed by atoms with Crippen LogP contribution in [0.2, 0.25) is 5.02 Å². The summed E-state index contributed by atoms with van der Waals surface area (Å²) >= 11 is 6.29. The number of amides is 4. The molecule has 5 N–H and O–H groups in total. The van der Waals surface area contributed by atoms with E-state index in [1.165, 1.54) is 4.90 Å². The Morgan fingerprint density at radius 2 is 1.97 bits per heavy atom. The van der Waals surface area contributed by atoms with E-state index in [-0.39, 0.29) is 24.1 Å². The summed E-state index contributed by atoms with van der Waals surface area (Å²) in [6, 6.07) is 4.73. The third-order valence-electron chi connectivity index (χ3n) is 6.25. The molecule has 1 spiro atoms. The zero-order valence-corrected chi connectivity index (χ0v) is 17.2. The first-order valence-electron chi connectivity index (χ1n) is 9.63. The lowest BCUT2D eigenvalue weighted by Crippen LogP contribution is -2.99. The van der Waals surface area contributed by atoms with Crippen LogP contribution >= 0.6 is 11.6 Å². The minimum Gasteiger partial charge on any atom is -0.370 e. The molecule has 3 heterocycles. The number of imide groups is 1. The maximum Gasteiger partial charge on any atom is 0.291 e. The summed E-state index contributed by atoms with van der Waals surface area (Å²) in [5.41, 5.74) is 4.38. The van der Waals surface area contributed by atoms with E-state index < -0.39 is 34.9 Å². The number of rotatable bonds is 3. The van der Waals surface area contributed by atoms with Crippen molar-refractivity contribution < 1.29 is 24.5 Å². The monoisotopic (exact) mass is 419 g/mol. The Bertz CT molecular complexity index is 956. The van der Waals surface area contributed by atoms with Gasteiger partial charge in [-0.1, -0.05) is 17.7 Å². The zero-order valence-electron chi connectivity index (χ0n) is 16.5. The first kappa shape index (κ1) is 19.8. The molecule has 29 heavy (non-hydrogen) atoms. The summed E-state index contributed by atoms with van der Waals surface area (Å²) in [7, 11) is 0. The molecular formula is C20H24ClN4O4+. The van der Waals surface area contributed by atoms with E-state index in [1.807, 2.05) is 0 Å². The van der Waals surface area contributed by atoms with Gasteiger partial charge in [0.05, 0.1) is 10.7 Å². The molecule has 0 saturated carbocycles. The summed E-state index contributed by atoms with van der Waals surface area (Å²) < 4.78 is 0. The highest BCUT2D eigenvalue weighted by molar-refractivity contribution is 6.35. The molecule has 1 aromatic carbocycles. The Morgan fingerprint density at radius 1 is 1.28 bits per heavy atom. The lowest BCUT2D eigenvalue weighted by atomic mass is 9.76. The summed E-state index contributed by atoms with van der Waals surface area (Å²) in [5, 5.41) is 4.96. The fraction of sp³-hybridized carbons (Fsp3) is 0.500. The highest BCUT2D eigenvalue weighted by atomic mass is 35.5. The number of hydrogen-bond acceptors (Lipinski definition) is 4. The average Bonchev–Trinajstić information content (AvgIpc) is 3.19. The number of para-hydroxylation sites is 1. The Morgan fingerprint density at radius 3 is 2.59 bits per heavy atom. The Hall–Kier alpha value is -2.45. The van der Waals surface area contributed by atoms with Crippen LogP contribution in [0, 0.1) is 11.8 Å². The van der Waals surface area contributed by atoms with Crippen molar-refractivity contribution in [1.82, 2.24) is 4.90 Å². The van der Waals surface area contributed by atoms with Gasteiger partial charge in [0.25, 0.3) is 5.91 Å². The second-order valence-corrected chi connectivity index (χ2v) is 9.41. The maximum atomic E-state index is 13.5. The van der Waals surface area contributed by atoms with Crippen molar-refractivity contribution in [3.63, 3.8) is 0 Å². The summed E-state index contributed by atoms with van der Waals surface area (Å²) in [5.74, 6) is -3.11. The molecule has 2 saturated heterocycles. The van der Waals surface area contributed by atoms with Crippen LogP contribution in [-0.4, -0.2) is 40.1 Å². The molecule has 3 aliphatic heterocycles. The van der Waals surface area contributed by atoms with Crippen LogP contribution < -0.4 is 16.4 Å². The second-order valence-electron chi connectivity index (χ2n) is 9.01. The standard InChI is InChI=1S/C20H23ClN4O4/c1-19(2,3)25-16(27)13-11(7-8-12(22)26)24-20(14(13)17(25)28)9-5-4-6-10(21)15(9)23-18(20)29/h4-6,11,13-14,24H,7-8H2,1-3H3,(H2,22,26)(H,23,29)/p+1/t11-,13+,14-,20-/m0/s1. The van der Waals surface area contributed by atoms with Crippen molar-refractivity contribution in [3.8, 4) is 0 Å². The highest BCUT2D eigenvalue weighted by Gasteiger charge is 2.74. The van der Waals surface area contributed by atoms with E-state index in [1.54, 1.807) is 44.3 Å². The number of hydrogen-bond donors (Lipinski definition) is 3. The van der Waals surface area contributed by atoms with Crippen molar-refractivity contribution in [3.05, 3.63) is 28.8 Å². The number of primary amides is 1. The molecule has 0 unspecified atom stereocenters. The molecule has 4 amide bonds. The lowest BCUT2D eigenvalue weighted by molar-refractivity contribution is -0.734. The number of nitrogens with zero attached hydrogens (tertiary/aromatic N) is 1. The molecule has 4 atom stereocenters. The van der Waals surface area contributed by atoms with Gasteiger partial charge in [-0.3, -0.25) is 24.1 Å². The molecule has 3 aliphatic rings. The number of benzene rings is 1. The summed E-state index contributed by atoms with van der Waals surface area (Å²) in [6.45, 7) is 5.37. The molecular weight excluding hydrogens is 396 g/mol. The van der Waals surface area contributed by atoms with Gasteiger partial charge in [-0.2, -0.15) is 0 Å². The van der Waals surface area contributed by atoms with Crippen LogP contribution in [0.5, 0.6) is 0 Å². The van der Waals surface area contributed by atoms with Gasteiger partial charge >= 0.3 is 0 Å². The van der Waals surface area contributed by atoms with Crippen molar-refractivity contribution in [2.75, 3.05) is 5.32 Å². The first-order chi connectivity index (χ1) is 13.5. The van der Waals surface area contributed by atoms with Gasteiger partial charge in [-0.05, 0) is 32.9 Å². The van der Waals surface area contributed by atoms with E-state index in [0.717, 1.165) is 0 Å². The lowest BCUT2D eigenvalue weighted by Gasteiger charge is -2.33. The molecule has 8 nitrogen and oxygen atoms in total. The fourth-order valence-corrected chi connectivity index (χ4v) is 5.41. The van der Waals surface area contributed by atoms with E-state index >= 15 is 0 Å². The van der Waals surface area contributed by atoms with E-state index in [4.69, 9.17) is 17.3 Å². The normalized spacial score (nSPS) is 30.7. The number of nitrogens with one attached hydrogen (secondary N) is 1. The third-order valence-corrected chi connectivity index (χ3v) is 6.56. The van der Waals surface area contributed by atoms with Crippen LogP contribution in [-0.2, 0) is 24.7 Å². The molecule has 0 bridgehead atoms. The quantitative estimate of drug-likeness (QED) is 0.600. The first-order valence-corrected chi connectivity index (χ1v) is 10.0. The van der Waals surface area contributed by atoms with Crippen molar-refractivity contribution in [2.45, 2.75) is 50.7 Å². The van der Waals surface area contributed by atoms with Crippen LogP contribution in [0.25, 0.3) is 0 Å². The van der Waals surface area contributed by atoms with Gasteiger partial charge in [0.15, 0.2) is 0 Å². The maximum absolute atomic E-state index is 13.5. The van der Waals surface area contributed by atoms with Crippen LogP contribution in [0.4, 0.5) is 5.69 Å². The number of likely N-dealkylation sites (tertiary alicyclic amines) is 1. The largest absolute Gasteiger partial charge is 0.370 e. The van der Waals surface area contributed by atoms with Crippen molar-refractivity contribution >= 4 is 40.9 Å². The number of fused-ring (bicyclic) bond motifs is 4. The number of quaternary nitrogens is 1. The average molecular weight is 420 g/mol. The predicted molar refractivity (Wildman–Crippen MR) is 104 cm³/mol. The Balaban J connectivity index is 1.88. The summed E-state index contributed by atoms with van der Waals surface area (Å²) in [4.78, 5) is 52.8. The van der Waals surface area contributed by atoms with Crippen molar-refractivity contribution in [1.29, 1.82) is 0 Å². The van der Waals surface area contributed by atoms with Gasteiger partial charge < -0.3 is 16.4 Å². The molecule has 4 rings (SSSR count). The van der Waals surface area contributed by atoms with Crippen LogP contribution in [0.1, 0.15) is 39.2 Å². The molecule has 1 aromatic rings. The topological polar surface area (TPSA) is 126 Å². The number of nitrogens with two attached hydrogens (primary N) is 2. The van der Waals surface area contributed by atoms with E-state index in [0.29, 0.717) is 22.7 Å². The third kappa shape index (κ3) is 2.62. The minimum atomic E-state index is -1.29. The number of carbonyl (C=O) groups excluding carboxylic acids is 4. The summed E-state index contributed by atoms with van der Waals surface area (Å²) in [6.07, 6.45) is 0.375. The second kappa shape index (κ2) is 6.27. The molecule has 9 heteroatoms. The fourth-order valence-electron chi connectivity index (χ4n) is 5.19. The van der Waals surface area contributed by atoms with Gasteiger partial charge in [-0.15, -0.1) is 0 Å². The van der Waals surface area contributed by atoms with Gasteiger partial charge in [0.1, 0.15) is 17.9 Å². The van der Waals surface area contributed by atoms with Gasteiger partial charge in [-0.25, -0.2) is 0 Å². The molecule has 0 aromatic heterocycles. The van der Waals surface area contributed by atoms with Crippen LogP contribution in [0.15, 0.2) is 18.2 Å². The van der Waals surface area contributed by atoms with Gasteiger partial charge in [0.2, 0.25) is 23.3 Å². The smallest absolute Gasteiger partial charge is 0.291 e. The van der Waals surface area contributed by atoms with Gasteiger partial charge in [0, 0.05) is 23.9 Å². The highest BCUT2D eigenvalue weighted by Crippen LogP contribution is 2.51. The number of anilines is 1. The molecule has 154 valence electrons. The number of halogens is 1. The van der Waals surface area contributed by atoms with E-state index in [2.05, 4.69) is 5.32 Å². The zero-order chi connectivity index (χ0) is 21.3. The Kier molecular flexibility index (Phi) is 4.29. The van der Waals surface area contributed by atoms with Crippen molar-refractivity contribution in [2.24, 2.45) is 17.6 Å². The molecule has 0 aliphatic carbocycles. The molecule has 2 fully saturated rings. The SMILES string of the molecule is CC(C)(C)N1C(=O)[C@@H]2[C@H](CCC(N)=O)[NH2+][C@]3(C(=O)Nc4c(Cl)cccc43)[C@@H]2C1=O. The van der Waals surface area contributed by atoms with E-state index in [9.17, 15) is 19.2 Å². The Labute approximate surface area is 173 Å². The number of carbonyl (C=O) groups is 4. The van der Waals surface area contributed by atoms with Crippen LogP contribution in [0.3, 0.4) is 0 Å². The predicted octanol–water partition coefficient (Wildman–Crippen LogP) is 0.0982. The molecule has 0 radical (unpaired) electrons.